The van der Waals surface area contributed by atoms with Crippen LogP contribution in [0.15, 0.2) is 48.5 Å². The number of benzene rings is 2. The Labute approximate surface area is 131 Å². The van der Waals surface area contributed by atoms with Gasteiger partial charge in [-0.3, -0.25) is 0 Å². The van der Waals surface area contributed by atoms with Gasteiger partial charge in [0.05, 0.1) is 0 Å². The predicted octanol–water partition coefficient (Wildman–Crippen LogP) is 3.18. The van der Waals surface area contributed by atoms with Crippen LogP contribution in [0.4, 0.5) is 4.79 Å². The Balaban J connectivity index is 1.62. The quantitative estimate of drug-likeness (QED) is 0.805. The lowest BCUT2D eigenvalue weighted by Gasteiger charge is -2.09. The highest BCUT2D eigenvalue weighted by molar-refractivity contribution is 5.73. The molecule has 2 aromatic carbocycles. The second kappa shape index (κ2) is 8.08. The third-order valence-corrected chi connectivity index (χ3v) is 3.27. The number of rotatable bonds is 6. The number of aryl methyl sites for hydroxylation is 2. The number of nitrogens with one attached hydrogen (secondary N) is 2. The first kappa shape index (κ1) is 15.9. The van der Waals surface area contributed by atoms with Crippen molar-refractivity contribution in [2.45, 2.75) is 20.3 Å². The molecule has 0 fully saturated rings. The van der Waals surface area contributed by atoms with Crippen molar-refractivity contribution in [1.82, 2.24) is 10.6 Å². The van der Waals surface area contributed by atoms with E-state index >= 15 is 0 Å². The summed E-state index contributed by atoms with van der Waals surface area (Å²) >= 11 is 0. The first-order valence-electron chi connectivity index (χ1n) is 7.40. The van der Waals surface area contributed by atoms with Crippen LogP contribution >= 0.6 is 0 Å². The van der Waals surface area contributed by atoms with Crippen molar-refractivity contribution in [2.24, 2.45) is 0 Å². The molecule has 116 valence electrons. The van der Waals surface area contributed by atoms with Gasteiger partial charge in [-0.1, -0.05) is 47.5 Å². The molecule has 0 aliphatic heterocycles. The van der Waals surface area contributed by atoms with Crippen molar-refractivity contribution in [3.05, 3.63) is 65.2 Å². The summed E-state index contributed by atoms with van der Waals surface area (Å²) in [6.07, 6.45) is 0.813. The Morgan fingerprint density at radius 2 is 1.77 bits per heavy atom. The van der Waals surface area contributed by atoms with Gasteiger partial charge >= 0.3 is 6.03 Å². The summed E-state index contributed by atoms with van der Waals surface area (Å²) in [6.45, 7) is 4.83. The highest BCUT2D eigenvalue weighted by atomic mass is 16.5. The number of hydrogen-bond donors (Lipinski definition) is 2. The summed E-state index contributed by atoms with van der Waals surface area (Å²) in [5.41, 5.74) is 3.62. The number of hydrogen-bond acceptors (Lipinski definition) is 2. The van der Waals surface area contributed by atoms with E-state index in [0.29, 0.717) is 6.54 Å². The molecular formula is C18H22N2O2. The second-order valence-corrected chi connectivity index (χ2v) is 5.27. The van der Waals surface area contributed by atoms with E-state index < -0.39 is 0 Å². The molecule has 0 aromatic heterocycles. The van der Waals surface area contributed by atoms with Crippen LogP contribution in [0.3, 0.4) is 0 Å². The smallest absolute Gasteiger partial charge is 0.317 e. The molecule has 4 heteroatoms. The average molecular weight is 298 g/mol. The Morgan fingerprint density at radius 1 is 1.00 bits per heavy atom. The number of urea groups is 1. The maximum Gasteiger partial charge on any atom is 0.317 e. The molecule has 0 atom stereocenters. The Morgan fingerprint density at radius 3 is 2.50 bits per heavy atom. The SMILES string of the molecule is Cc1ccc(OCNC(=O)NCCc2cccc(C)c2)cc1. The molecule has 0 saturated carbocycles. The fourth-order valence-corrected chi connectivity index (χ4v) is 2.07. The molecular weight excluding hydrogens is 276 g/mol. The van der Waals surface area contributed by atoms with Crippen LogP contribution < -0.4 is 15.4 Å². The molecule has 0 aliphatic carbocycles. The normalized spacial score (nSPS) is 10.1. The van der Waals surface area contributed by atoms with Gasteiger partial charge in [0.2, 0.25) is 0 Å². The van der Waals surface area contributed by atoms with E-state index in [1.807, 2.05) is 37.3 Å². The molecule has 2 N–H and O–H groups in total. The van der Waals surface area contributed by atoms with Crippen LogP contribution in [0.2, 0.25) is 0 Å². The van der Waals surface area contributed by atoms with E-state index in [1.165, 1.54) is 16.7 Å². The molecule has 2 aromatic rings. The van der Waals surface area contributed by atoms with Gasteiger partial charge in [0.1, 0.15) is 5.75 Å². The van der Waals surface area contributed by atoms with Gasteiger partial charge < -0.3 is 15.4 Å². The van der Waals surface area contributed by atoms with Crippen LogP contribution in [-0.2, 0) is 6.42 Å². The minimum absolute atomic E-state index is 0.152. The van der Waals surface area contributed by atoms with E-state index in [9.17, 15) is 4.79 Å². The van der Waals surface area contributed by atoms with Gasteiger partial charge in [0.15, 0.2) is 6.73 Å². The number of amides is 2. The molecule has 4 nitrogen and oxygen atoms in total. The zero-order valence-electron chi connectivity index (χ0n) is 13.1. The maximum absolute atomic E-state index is 11.6. The van der Waals surface area contributed by atoms with Gasteiger partial charge in [-0.2, -0.15) is 0 Å². The highest BCUT2D eigenvalue weighted by Crippen LogP contribution is 2.10. The first-order chi connectivity index (χ1) is 10.6. The molecule has 0 bridgehead atoms. The third kappa shape index (κ3) is 5.48. The highest BCUT2D eigenvalue weighted by Gasteiger charge is 2.00. The van der Waals surface area contributed by atoms with Crippen molar-refractivity contribution < 1.29 is 9.53 Å². The van der Waals surface area contributed by atoms with Gasteiger partial charge in [0.25, 0.3) is 0 Å². The van der Waals surface area contributed by atoms with Crippen LogP contribution in [0.5, 0.6) is 5.75 Å². The molecule has 0 heterocycles. The van der Waals surface area contributed by atoms with Gasteiger partial charge in [-0.25, -0.2) is 4.79 Å². The molecule has 2 amide bonds. The van der Waals surface area contributed by atoms with E-state index in [1.54, 1.807) is 0 Å². The van der Waals surface area contributed by atoms with Crippen LogP contribution in [0.1, 0.15) is 16.7 Å². The molecule has 0 unspecified atom stereocenters. The Hall–Kier alpha value is -2.49. The van der Waals surface area contributed by atoms with Crippen molar-refractivity contribution >= 4 is 6.03 Å². The molecule has 0 spiro atoms. The number of carbonyl (C=O) groups excluding carboxylic acids is 1. The van der Waals surface area contributed by atoms with Crippen LogP contribution in [-0.4, -0.2) is 19.3 Å². The summed E-state index contributed by atoms with van der Waals surface area (Å²) in [5, 5.41) is 5.49. The Kier molecular flexibility index (Phi) is 5.83. The van der Waals surface area contributed by atoms with E-state index in [4.69, 9.17) is 4.74 Å². The monoisotopic (exact) mass is 298 g/mol. The van der Waals surface area contributed by atoms with Crippen LogP contribution in [0.25, 0.3) is 0 Å². The maximum atomic E-state index is 11.6. The lowest BCUT2D eigenvalue weighted by atomic mass is 10.1. The van der Waals surface area contributed by atoms with Crippen LogP contribution in [0, 0.1) is 13.8 Å². The summed E-state index contributed by atoms with van der Waals surface area (Å²) in [7, 11) is 0. The molecule has 0 radical (unpaired) electrons. The topological polar surface area (TPSA) is 50.4 Å². The second-order valence-electron chi connectivity index (χ2n) is 5.27. The minimum Gasteiger partial charge on any atom is -0.473 e. The third-order valence-electron chi connectivity index (χ3n) is 3.27. The lowest BCUT2D eigenvalue weighted by molar-refractivity contribution is 0.224. The van der Waals surface area contributed by atoms with Crippen molar-refractivity contribution in [2.75, 3.05) is 13.3 Å². The number of ether oxygens (including phenoxy) is 1. The fourth-order valence-electron chi connectivity index (χ4n) is 2.07. The first-order valence-corrected chi connectivity index (χ1v) is 7.40. The molecule has 2 rings (SSSR count). The Bertz CT molecular complexity index is 609. The number of carbonyl (C=O) groups is 1. The summed E-state index contributed by atoms with van der Waals surface area (Å²) < 4.78 is 5.44. The van der Waals surface area contributed by atoms with E-state index in [2.05, 4.69) is 35.8 Å². The van der Waals surface area contributed by atoms with E-state index in [0.717, 1.165) is 12.2 Å². The lowest BCUT2D eigenvalue weighted by Crippen LogP contribution is -2.38. The molecule has 0 saturated heterocycles. The van der Waals surface area contributed by atoms with Gasteiger partial charge in [0, 0.05) is 6.54 Å². The van der Waals surface area contributed by atoms with Gasteiger partial charge in [-0.05, 0) is 38.0 Å². The summed E-state index contributed by atoms with van der Waals surface area (Å²) in [5.74, 6) is 0.741. The van der Waals surface area contributed by atoms with Crippen molar-refractivity contribution in [1.29, 1.82) is 0 Å². The summed E-state index contributed by atoms with van der Waals surface area (Å²) in [6, 6.07) is 15.8. The molecule has 22 heavy (non-hydrogen) atoms. The van der Waals surface area contributed by atoms with Crippen molar-refractivity contribution in [3.63, 3.8) is 0 Å². The molecule has 0 aliphatic rings. The summed E-state index contributed by atoms with van der Waals surface area (Å²) in [4.78, 5) is 11.6. The average Bonchev–Trinajstić information content (AvgIpc) is 2.49. The fraction of sp³-hybridized carbons (Fsp3) is 0.278. The zero-order chi connectivity index (χ0) is 15.8. The largest absolute Gasteiger partial charge is 0.473 e. The standard InChI is InChI=1S/C18H22N2O2/c1-14-6-8-17(9-7-14)22-13-20-18(21)19-11-10-16-5-3-4-15(2)12-16/h3-9,12H,10-11,13H2,1-2H3,(H2,19,20,21). The van der Waals surface area contributed by atoms with Crippen molar-refractivity contribution in [3.8, 4) is 5.75 Å². The van der Waals surface area contributed by atoms with E-state index in [-0.39, 0.29) is 12.8 Å². The minimum atomic E-state index is -0.222. The van der Waals surface area contributed by atoms with Gasteiger partial charge in [-0.15, -0.1) is 0 Å². The predicted molar refractivity (Wildman–Crippen MR) is 88.1 cm³/mol. The zero-order valence-corrected chi connectivity index (χ0v) is 13.1.